The van der Waals surface area contributed by atoms with Crippen molar-refractivity contribution in [3.8, 4) is 0 Å². The summed E-state index contributed by atoms with van der Waals surface area (Å²) >= 11 is 0. The molecular formula is C33H39N8O4+. The fraction of sp³-hybridized carbons (Fsp3) is 0.364. The van der Waals surface area contributed by atoms with Crippen LogP contribution in [0.2, 0.25) is 0 Å². The molecule has 0 unspecified atom stereocenters. The Kier molecular flexibility index (Phi) is 9.55. The van der Waals surface area contributed by atoms with E-state index in [1.54, 1.807) is 28.4 Å². The number of hydrogen-bond acceptors (Lipinski definition) is 10. The monoisotopic (exact) mass is 611 g/mol. The first-order valence-corrected chi connectivity index (χ1v) is 15.0. The Morgan fingerprint density at radius 3 is 1.71 bits per heavy atom. The number of hydrogen-bond donors (Lipinski definition) is 0. The molecule has 5 aromatic rings. The molecule has 0 saturated carbocycles. The summed E-state index contributed by atoms with van der Waals surface area (Å²) in [6.45, 7) is 4.56. The smallest absolute Gasteiger partial charge is 0.323 e. The first-order valence-electron chi connectivity index (χ1n) is 15.0. The van der Waals surface area contributed by atoms with Crippen molar-refractivity contribution in [1.82, 2.24) is 24.5 Å². The highest BCUT2D eigenvalue weighted by atomic mass is 16.5. The van der Waals surface area contributed by atoms with Crippen LogP contribution in [0.1, 0.15) is 5.82 Å². The van der Waals surface area contributed by atoms with Crippen molar-refractivity contribution in [2.75, 3.05) is 77.8 Å². The number of aromatic nitrogens is 6. The largest absolute Gasteiger partial charge is 0.383 e. The Morgan fingerprint density at radius 1 is 0.644 bits per heavy atom. The lowest BCUT2D eigenvalue weighted by atomic mass is 10.3. The van der Waals surface area contributed by atoms with Crippen LogP contribution in [0.3, 0.4) is 0 Å². The highest BCUT2D eigenvalue weighted by Gasteiger charge is 2.34. The molecule has 0 spiro atoms. The molecule has 4 heterocycles. The van der Waals surface area contributed by atoms with Gasteiger partial charge >= 0.3 is 5.65 Å². The molecule has 0 radical (unpaired) electrons. The van der Waals surface area contributed by atoms with Crippen LogP contribution in [0.15, 0.2) is 66.5 Å². The second-order valence-electron chi connectivity index (χ2n) is 10.5. The Balaban J connectivity index is 1.48. The lowest BCUT2D eigenvalue weighted by Gasteiger charge is -2.23. The third-order valence-corrected chi connectivity index (χ3v) is 7.76. The number of anilines is 2. The maximum absolute atomic E-state index is 5.50. The Bertz CT molecular complexity index is 1730. The fourth-order valence-electron chi connectivity index (χ4n) is 5.60. The van der Waals surface area contributed by atoms with Gasteiger partial charge in [0, 0.05) is 47.6 Å². The third-order valence-electron chi connectivity index (χ3n) is 7.76. The lowest BCUT2D eigenvalue weighted by molar-refractivity contribution is -0.677. The quantitative estimate of drug-likeness (QED) is 0.173. The number of fused-ring (bicyclic) bond motifs is 4. The summed E-state index contributed by atoms with van der Waals surface area (Å²) in [7, 11) is 6.83. The molecule has 0 saturated heterocycles. The van der Waals surface area contributed by atoms with Gasteiger partial charge in [0.25, 0.3) is 5.65 Å². The van der Waals surface area contributed by atoms with Crippen LogP contribution in [-0.4, -0.2) is 92.5 Å². The van der Waals surface area contributed by atoms with Crippen molar-refractivity contribution in [2.45, 2.75) is 13.1 Å². The minimum atomic E-state index is 0.528. The number of allylic oxidation sites excluding steroid dienone is 2. The molecule has 0 amide bonds. The average Bonchev–Trinajstić information content (AvgIpc) is 3.51. The van der Waals surface area contributed by atoms with E-state index in [9.17, 15) is 0 Å². The SMILES string of the molecule is COCCN1C(=CC=Cc2n(CCOC)c3nc4ccccc4nc3[n+]2CCOC)N(CCOC)c2nc3ccccc3nc21. The number of methoxy groups -OCH3 is 4. The van der Waals surface area contributed by atoms with Gasteiger partial charge in [-0.3, -0.25) is 0 Å². The molecule has 3 aromatic heterocycles. The van der Waals surface area contributed by atoms with E-state index in [0.29, 0.717) is 52.6 Å². The standard InChI is InChI=1S/C33H39N8O4/c1-42-20-16-38-28(39(17-21-43-2)31-30(38)34-24-10-5-6-11-25(24)35-31)14-9-15-29-40(18-22-44-3)32-33(41(29)19-23-45-4)37-27-13-8-7-12-26(27)36-32/h5-15H,16-23H2,1-4H3/q+1. The highest BCUT2D eigenvalue weighted by molar-refractivity contribution is 5.86. The lowest BCUT2D eigenvalue weighted by Crippen LogP contribution is -2.39. The molecule has 0 fully saturated rings. The van der Waals surface area contributed by atoms with Gasteiger partial charge in [0.1, 0.15) is 11.3 Å². The molecule has 0 N–H and O–H groups in total. The Hall–Kier alpha value is -4.49. The van der Waals surface area contributed by atoms with Gasteiger partial charge in [-0.15, -0.1) is 0 Å². The number of rotatable bonds is 14. The van der Waals surface area contributed by atoms with Gasteiger partial charge in [0.05, 0.1) is 50.6 Å². The second kappa shape index (κ2) is 14.1. The van der Waals surface area contributed by atoms with Crippen LogP contribution in [-0.2, 0) is 32.0 Å². The molecule has 45 heavy (non-hydrogen) atoms. The van der Waals surface area contributed by atoms with E-state index >= 15 is 0 Å². The number of ether oxygens (including phenoxy) is 4. The summed E-state index contributed by atoms with van der Waals surface area (Å²) in [5.74, 6) is 3.48. The van der Waals surface area contributed by atoms with Gasteiger partial charge in [0.15, 0.2) is 17.2 Å². The molecule has 234 valence electrons. The number of nitrogens with zero attached hydrogens (tertiary/aromatic N) is 8. The van der Waals surface area contributed by atoms with E-state index in [-0.39, 0.29) is 0 Å². The van der Waals surface area contributed by atoms with E-state index in [2.05, 4.69) is 37.2 Å². The van der Waals surface area contributed by atoms with Crippen LogP contribution in [0.5, 0.6) is 0 Å². The second-order valence-corrected chi connectivity index (χ2v) is 10.5. The van der Waals surface area contributed by atoms with Crippen LogP contribution in [0.25, 0.3) is 39.4 Å². The van der Waals surface area contributed by atoms with Crippen molar-refractivity contribution >= 4 is 51.1 Å². The predicted octanol–water partition coefficient (Wildman–Crippen LogP) is 3.58. The minimum Gasteiger partial charge on any atom is -0.383 e. The molecule has 6 rings (SSSR count). The molecule has 1 aliphatic heterocycles. The Labute approximate surface area is 262 Å². The summed E-state index contributed by atoms with van der Waals surface area (Å²) in [5, 5.41) is 0. The Morgan fingerprint density at radius 2 is 1.16 bits per heavy atom. The van der Waals surface area contributed by atoms with Gasteiger partial charge in [-0.25, -0.2) is 24.1 Å². The van der Waals surface area contributed by atoms with Crippen LogP contribution >= 0.6 is 0 Å². The normalized spacial score (nSPS) is 13.3. The minimum absolute atomic E-state index is 0.528. The highest BCUT2D eigenvalue weighted by Crippen LogP contribution is 2.39. The molecular weight excluding hydrogens is 572 g/mol. The summed E-state index contributed by atoms with van der Waals surface area (Å²) in [6, 6.07) is 15.9. The van der Waals surface area contributed by atoms with Crippen LogP contribution in [0.4, 0.5) is 11.6 Å². The number of imidazole rings is 1. The van der Waals surface area contributed by atoms with Gasteiger partial charge in [-0.2, -0.15) is 0 Å². The first kappa shape index (κ1) is 30.5. The maximum atomic E-state index is 5.50. The molecule has 0 bridgehead atoms. The van der Waals surface area contributed by atoms with E-state index < -0.39 is 0 Å². The molecule has 12 heteroatoms. The van der Waals surface area contributed by atoms with Crippen molar-refractivity contribution in [3.63, 3.8) is 0 Å². The van der Waals surface area contributed by atoms with E-state index in [0.717, 1.165) is 56.6 Å². The van der Waals surface area contributed by atoms with E-state index in [1.807, 2.05) is 48.5 Å². The van der Waals surface area contributed by atoms with E-state index in [1.165, 1.54) is 0 Å². The topological polar surface area (TPSA) is 104 Å². The van der Waals surface area contributed by atoms with Crippen molar-refractivity contribution < 1.29 is 23.5 Å². The zero-order valence-electron chi connectivity index (χ0n) is 26.2. The maximum Gasteiger partial charge on any atom is 0.323 e. The molecule has 1 aliphatic rings. The molecule has 12 nitrogen and oxygen atoms in total. The van der Waals surface area contributed by atoms with E-state index in [4.69, 9.17) is 38.9 Å². The fourth-order valence-corrected chi connectivity index (χ4v) is 5.60. The van der Waals surface area contributed by atoms with Gasteiger partial charge < -0.3 is 28.7 Å². The number of para-hydroxylation sites is 4. The molecule has 0 atom stereocenters. The van der Waals surface area contributed by atoms with Crippen LogP contribution in [0, 0.1) is 0 Å². The summed E-state index contributed by atoms with van der Waals surface area (Å²) in [6.07, 6.45) is 6.24. The molecule has 2 aromatic carbocycles. The zero-order chi connectivity index (χ0) is 31.2. The number of benzene rings is 2. The summed E-state index contributed by atoms with van der Waals surface area (Å²) in [4.78, 5) is 24.4. The first-order chi connectivity index (χ1) is 22.2. The van der Waals surface area contributed by atoms with Gasteiger partial charge in [0.2, 0.25) is 5.82 Å². The third kappa shape index (κ3) is 6.09. The zero-order valence-corrected chi connectivity index (χ0v) is 26.2. The average molecular weight is 612 g/mol. The van der Waals surface area contributed by atoms with Gasteiger partial charge in [-0.1, -0.05) is 35.3 Å². The van der Waals surface area contributed by atoms with Crippen molar-refractivity contribution in [1.29, 1.82) is 0 Å². The molecule has 0 aliphatic carbocycles. The van der Waals surface area contributed by atoms with Crippen molar-refractivity contribution in [3.05, 3.63) is 72.3 Å². The van der Waals surface area contributed by atoms with Gasteiger partial charge in [-0.05, 0) is 30.3 Å². The van der Waals surface area contributed by atoms with Crippen LogP contribution < -0.4 is 14.4 Å². The van der Waals surface area contributed by atoms with Crippen molar-refractivity contribution in [2.24, 2.45) is 0 Å². The summed E-state index contributed by atoms with van der Waals surface area (Å²) < 4.78 is 26.3. The summed E-state index contributed by atoms with van der Waals surface area (Å²) in [5.41, 5.74) is 4.97. The predicted molar refractivity (Wildman–Crippen MR) is 174 cm³/mol.